The average molecular weight is 699 g/mol. The molecule has 0 aliphatic carbocycles. The van der Waals surface area contributed by atoms with Crippen LogP contribution >= 0.6 is 22.7 Å². The van der Waals surface area contributed by atoms with Gasteiger partial charge in [0.1, 0.15) is 5.01 Å². The molecule has 4 nitrogen and oxygen atoms in total. The summed E-state index contributed by atoms with van der Waals surface area (Å²) in [7, 11) is 0. The summed E-state index contributed by atoms with van der Waals surface area (Å²) in [5.41, 5.74) is 9.04. The molecule has 0 aliphatic rings. The maximum Gasteiger partial charge on any atom is 0.195 e. The van der Waals surface area contributed by atoms with Gasteiger partial charge in [0.25, 0.3) is 0 Å². The number of nitrogens with zero attached hydrogens (tertiary/aromatic N) is 4. The normalized spacial score (nSPS) is 12.2. The van der Waals surface area contributed by atoms with Crippen molar-refractivity contribution in [2.75, 3.05) is 0 Å². The summed E-state index contributed by atoms with van der Waals surface area (Å²) in [6.07, 6.45) is 0. The highest BCUT2D eigenvalue weighted by Gasteiger charge is 2.19. The van der Waals surface area contributed by atoms with Gasteiger partial charge in [0.2, 0.25) is 0 Å². The fraction of sp³-hybridized carbons (Fsp3) is 0. The average Bonchev–Trinajstić information content (AvgIpc) is 3.97. The van der Waals surface area contributed by atoms with Crippen molar-refractivity contribution in [1.82, 2.24) is 19.1 Å². The van der Waals surface area contributed by atoms with E-state index in [0.29, 0.717) is 0 Å². The van der Waals surface area contributed by atoms with Crippen LogP contribution in [0.3, 0.4) is 0 Å². The number of rotatable bonds is 3. The summed E-state index contributed by atoms with van der Waals surface area (Å²) in [6, 6.07) is 57.0. The maximum atomic E-state index is 5.18. The molecule has 8 aromatic carbocycles. The van der Waals surface area contributed by atoms with Crippen LogP contribution in [0.5, 0.6) is 0 Å². The Hall–Kier alpha value is -6.34. The first-order chi connectivity index (χ1) is 25.8. The van der Waals surface area contributed by atoms with E-state index < -0.39 is 0 Å². The molecule has 0 N–H and O–H groups in total. The first-order valence-corrected chi connectivity index (χ1v) is 19.0. The van der Waals surface area contributed by atoms with E-state index in [2.05, 4.69) is 167 Å². The lowest BCUT2D eigenvalue weighted by atomic mass is 10.0. The third-order valence-electron chi connectivity index (χ3n) is 10.6. The van der Waals surface area contributed by atoms with Crippen LogP contribution in [0.2, 0.25) is 0 Å². The Morgan fingerprint density at radius 2 is 0.962 bits per heavy atom. The highest BCUT2D eigenvalue weighted by Crippen LogP contribution is 2.41. The van der Waals surface area contributed by atoms with E-state index in [1.165, 1.54) is 69.9 Å². The second-order valence-corrected chi connectivity index (χ2v) is 15.5. The van der Waals surface area contributed by atoms with E-state index in [0.717, 1.165) is 37.1 Å². The number of hydrogen-bond acceptors (Lipinski definition) is 4. The third kappa shape index (κ3) is 3.96. The van der Waals surface area contributed by atoms with Crippen LogP contribution in [-0.4, -0.2) is 19.1 Å². The lowest BCUT2D eigenvalue weighted by Gasteiger charge is -2.08. The summed E-state index contributed by atoms with van der Waals surface area (Å²) >= 11 is 3.48. The molecule has 4 aromatic heterocycles. The van der Waals surface area contributed by atoms with Crippen molar-refractivity contribution in [2.45, 2.75) is 0 Å². The van der Waals surface area contributed by atoms with E-state index in [1.807, 2.05) is 0 Å². The second-order valence-electron chi connectivity index (χ2n) is 13.4. The predicted octanol–water partition coefficient (Wildman–Crippen LogP) is 13.1. The SMILES string of the molecule is c1ccc2c(c1)ccc1c2c2ccccc2n1-c1ccc2nc(-c3ccc4nc(-n5c6ccccc6c6c7ccccc7ccc65)sc4c3)sc2c1. The van der Waals surface area contributed by atoms with E-state index in [4.69, 9.17) is 9.97 Å². The summed E-state index contributed by atoms with van der Waals surface area (Å²) in [5.74, 6) is 0. The first-order valence-electron chi connectivity index (χ1n) is 17.4. The van der Waals surface area contributed by atoms with Gasteiger partial charge in [-0.1, -0.05) is 108 Å². The lowest BCUT2D eigenvalue weighted by molar-refractivity contribution is 1.15. The van der Waals surface area contributed by atoms with Crippen molar-refractivity contribution in [2.24, 2.45) is 0 Å². The summed E-state index contributed by atoms with van der Waals surface area (Å²) in [4.78, 5) is 10.3. The molecule has 52 heavy (non-hydrogen) atoms. The topological polar surface area (TPSA) is 35.6 Å². The maximum absolute atomic E-state index is 5.18. The number of para-hydroxylation sites is 2. The van der Waals surface area contributed by atoms with Crippen LogP contribution in [0.4, 0.5) is 0 Å². The van der Waals surface area contributed by atoms with E-state index >= 15 is 0 Å². The molecule has 0 fully saturated rings. The number of hydrogen-bond donors (Lipinski definition) is 0. The van der Waals surface area contributed by atoms with E-state index in [1.54, 1.807) is 22.7 Å². The van der Waals surface area contributed by atoms with E-state index in [9.17, 15) is 0 Å². The van der Waals surface area contributed by atoms with Crippen LogP contribution in [0.15, 0.2) is 158 Å². The highest BCUT2D eigenvalue weighted by atomic mass is 32.1. The Labute approximate surface area is 305 Å². The molecule has 12 rings (SSSR count). The number of thiazole rings is 2. The fourth-order valence-corrected chi connectivity index (χ4v) is 10.3. The molecule has 242 valence electrons. The monoisotopic (exact) mass is 698 g/mol. The second kappa shape index (κ2) is 10.6. The van der Waals surface area contributed by atoms with Crippen molar-refractivity contribution >= 4 is 108 Å². The Kier molecular flexibility index (Phi) is 5.78. The van der Waals surface area contributed by atoms with Gasteiger partial charge in [0, 0.05) is 32.8 Å². The number of benzene rings is 8. The standard InChI is InChI=1S/C46H26N4S2/c1-3-11-31-27(9-1)18-23-39-43(31)33-13-5-7-15-37(33)49(39)30-20-22-35-42(26-30)51-45(47-35)29-17-21-36-41(25-29)52-46(48-36)50-38-16-8-6-14-34(38)44-32-12-4-2-10-28(32)19-24-40(44)50/h1-26H. The van der Waals surface area contributed by atoms with Crippen molar-refractivity contribution in [3.8, 4) is 21.4 Å². The molecule has 6 heteroatoms. The van der Waals surface area contributed by atoms with E-state index in [-0.39, 0.29) is 0 Å². The fourth-order valence-electron chi connectivity index (χ4n) is 8.28. The highest BCUT2D eigenvalue weighted by molar-refractivity contribution is 7.22. The number of fused-ring (bicyclic) bond motifs is 12. The molecule has 0 saturated heterocycles. The van der Waals surface area contributed by atoms with Gasteiger partial charge in [-0.05, 0) is 82.2 Å². The summed E-state index contributed by atoms with van der Waals surface area (Å²) in [5, 5.41) is 12.1. The molecule has 0 aliphatic heterocycles. The molecular weight excluding hydrogens is 673 g/mol. The van der Waals surface area contributed by atoms with Crippen LogP contribution in [0, 0.1) is 0 Å². The van der Waals surface area contributed by atoms with Crippen LogP contribution in [0.1, 0.15) is 0 Å². The molecule has 0 radical (unpaired) electrons. The first kappa shape index (κ1) is 28.4. The minimum absolute atomic E-state index is 0.974. The van der Waals surface area contributed by atoms with Crippen LogP contribution in [0.25, 0.3) is 107 Å². The molecule has 0 amide bonds. The van der Waals surface area contributed by atoms with Gasteiger partial charge in [-0.2, -0.15) is 0 Å². The van der Waals surface area contributed by atoms with Gasteiger partial charge < -0.3 is 4.57 Å². The minimum atomic E-state index is 0.974. The zero-order valence-electron chi connectivity index (χ0n) is 27.6. The van der Waals surface area contributed by atoms with Gasteiger partial charge in [0.15, 0.2) is 5.13 Å². The van der Waals surface area contributed by atoms with Gasteiger partial charge in [-0.25, -0.2) is 9.97 Å². The molecule has 12 aromatic rings. The number of aromatic nitrogens is 4. The van der Waals surface area contributed by atoms with Gasteiger partial charge in [0.05, 0.1) is 42.5 Å². The molecule has 0 saturated carbocycles. The van der Waals surface area contributed by atoms with Crippen molar-refractivity contribution < 1.29 is 0 Å². The van der Waals surface area contributed by atoms with Crippen molar-refractivity contribution in [3.63, 3.8) is 0 Å². The Morgan fingerprint density at radius 1 is 0.404 bits per heavy atom. The van der Waals surface area contributed by atoms with Crippen LogP contribution in [-0.2, 0) is 0 Å². The van der Waals surface area contributed by atoms with Crippen molar-refractivity contribution in [3.05, 3.63) is 158 Å². The largest absolute Gasteiger partial charge is 0.309 e. The summed E-state index contributed by atoms with van der Waals surface area (Å²) in [6.45, 7) is 0. The third-order valence-corrected chi connectivity index (χ3v) is 12.6. The zero-order valence-corrected chi connectivity index (χ0v) is 29.2. The molecule has 0 unspecified atom stereocenters. The van der Waals surface area contributed by atoms with Gasteiger partial charge >= 0.3 is 0 Å². The quantitative estimate of drug-likeness (QED) is 0.184. The predicted molar refractivity (Wildman–Crippen MR) is 222 cm³/mol. The Balaban J connectivity index is 0.983. The molecular formula is C46H26N4S2. The Morgan fingerprint density at radius 3 is 1.67 bits per heavy atom. The summed E-state index contributed by atoms with van der Waals surface area (Å²) < 4.78 is 7.05. The molecule has 0 atom stereocenters. The zero-order chi connectivity index (χ0) is 33.9. The molecule has 0 bridgehead atoms. The van der Waals surface area contributed by atoms with Gasteiger partial charge in [-0.15, -0.1) is 11.3 Å². The van der Waals surface area contributed by atoms with Crippen molar-refractivity contribution in [1.29, 1.82) is 0 Å². The molecule has 4 heterocycles. The minimum Gasteiger partial charge on any atom is -0.309 e. The van der Waals surface area contributed by atoms with Crippen LogP contribution < -0.4 is 0 Å². The lowest BCUT2D eigenvalue weighted by Crippen LogP contribution is -1.93. The Bertz CT molecular complexity index is 3280. The smallest absolute Gasteiger partial charge is 0.195 e. The molecule has 0 spiro atoms. The van der Waals surface area contributed by atoms with Gasteiger partial charge in [-0.3, -0.25) is 4.57 Å².